The fourth-order valence-corrected chi connectivity index (χ4v) is 1.66. The van der Waals surface area contributed by atoms with Crippen LogP contribution in [0.2, 0.25) is 0 Å². The molecule has 2 rings (SSSR count). The van der Waals surface area contributed by atoms with E-state index in [1.807, 2.05) is 67.5 Å². The number of rotatable bonds is 2. The van der Waals surface area contributed by atoms with Gasteiger partial charge in [0.25, 0.3) is 0 Å². The van der Waals surface area contributed by atoms with Gasteiger partial charge in [-0.05, 0) is 44.0 Å². The van der Waals surface area contributed by atoms with Crippen LogP contribution in [0.1, 0.15) is 66.8 Å². The van der Waals surface area contributed by atoms with Crippen LogP contribution in [-0.4, -0.2) is 9.97 Å². The second-order valence-electron chi connectivity index (χ2n) is 4.05. The standard InChI is InChI=1S/C13H14N2.C3H6.3C2H6/c1-4-5-9(2)11-6-7-12-13(8-11)15-10(3)14-12;1-3-2;3*1-2/h4-8H,1H2,2-3H3,(H,14,15);3H,1H2,2H3;3*1-2H3/b9-5+;;;;. The van der Waals surface area contributed by atoms with Crippen molar-refractivity contribution in [2.24, 2.45) is 0 Å². The Morgan fingerprint density at radius 2 is 1.54 bits per heavy atom. The van der Waals surface area contributed by atoms with E-state index in [1.165, 1.54) is 11.1 Å². The molecule has 24 heavy (non-hydrogen) atoms. The molecule has 1 aromatic carbocycles. The first-order valence-corrected chi connectivity index (χ1v) is 8.95. The summed E-state index contributed by atoms with van der Waals surface area (Å²) in [4.78, 5) is 7.60. The number of aromatic nitrogens is 2. The first-order chi connectivity index (χ1) is 11.6. The number of nitrogens with one attached hydrogen (secondary N) is 1. The van der Waals surface area contributed by atoms with Crippen LogP contribution in [0, 0.1) is 6.92 Å². The van der Waals surface area contributed by atoms with E-state index in [1.54, 1.807) is 12.2 Å². The predicted octanol–water partition coefficient (Wildman–Crippen LogP) is 7.73. The Bertz CT molecular complexity index is 575. The van der Waals surface area contributed by atoms with Gasteiger partial charge in [-0.25, -0.2) is 4.98 Å². The molecule has 0 spiro atoms. The average molecular weight is 331 g/mol. The van der Waals surface area contributed by atoms with Crippen molar-refractivity contribution in [1.82, 2.24) is 9.97 Å². The quantitative estimate of drug-likeness (QED) is 0.443. The van der Waals surface area contributed by atoms with Crippen LogP contribution < -0.4 is 0 Å². The Labute approximate surface area is 150 Å². The van der Waals surface area contributed by atoms with Gasteiger partial charge in [0.15, 0.2) is 0 Å². The molecule has 2 heteroatoms. The van der Waals surface area contributed by atoms with Crippen molar-refractivity contribution in [2.75, 3.05) is 0 Å². The second-order valence-corrected chi connectivity index (χ2v) is 4.05. The summed E-state index contributed by atoms with van der Waals surface area (Å²) in [5.74, 6) is 0.951. The van der Waals surface area contributed by atoms with Gasteiger partial charge in [-0.3, -0.25) is 0 Å². The minimum atomic E-state index is 0.951. The molecule has 2 aromatic rings. The van der Waals surface area contributed by atoms with E-state index < -0.39 is 0 Å². The third kappa shape index (κ3) is 10.6. The Hall–Kier alpha value is -2.09. The molecular weight excluding hydrogens is 292 g/mol. The molecule has 0 atom stereocenters. The van der Waals surface area contributed by atoms with Gasteiger partial charge < -0.3 is 4.98 Å². The molecule has 0 aliphatic rings. The zero-order valence-corrected chi connectivity index (χ0v) is 17.3. The number of hydrogen-bond donors (Lipinski definition) is 1. The summed E-state index contributed by atoms with van der Waals surface area (Å²) in [5.41, 5.74) is 4.51. The summed E-state index contributed by atoms with van der Waals surface area (Å²) in [6.07, 6.45) is 5.56. The first-order valence-electron chi connectivity index (χ1n) is 8.95. The molecule has 0 aliphatic heterocycles. The van der Waals surface area contributed by atoms with Gasteiger partial charge >= 0.3 is 0 Å². The Morgan fingerprint density at radius 3 is 2.00 bits per heavy atom. The fraction of sp³-hybridized carbons (Fsp3) is 0.409. The monoisotopic (exact) mass is 330 g/mol. The number of hydrogen-bond acceptors (Lipinski definition) is 1. The molecule has 1 heterocycles. The smallest absolute Gasteiger partial charge is 0.104 e. The molecule has 136 valence electrons. The summed E-state index contributed by atoms with van der Waals surface area (Å²) in [5, 5.41) is 0. The van der Waals surface area contributed by atoms with Crippen LogP contribution in [-0.2, 0) is 0 Å². The topological polar surface area (TPSA) is 28.7 Å². The summed E-state index contributed by atoms with van der Waals surface area (Å²) in [7, 11) is 0. The van der Waals surface area contributed by atoms with Crippen molar-refractivity contribution in [3.05, 3.63) is 61.0 Å². The van der Waals surface area contributed by atoms with Crippen LogP contribution in [0.3, 0.4) is 0 Å². The molecule has 0 saturated heterocycles. The van der Waals surface area contributed by atoms with Gasteiger partial charge in [-0.1, -0.05) is 72.4 Å². The highest BCUT2D eigenvalue weighted by Gasteiger charge is 2.01. The number of fused-ring (bicyclic) bond motifs is 1. The molecule has 0 bridgehead atoms. The molecule has 0 aliphatic carbocycles. The molecule has 1 aromatic heterocycles. The summed E-state index contributed by atoms with van der Waals surface area (Å²) < 4.78 is 0. The lowest BCUT2D eigenvalue weighted by molar-refractivity contribution is 1.17. The van der Waals surface area contributed by atoms with Crippen LogP contribution in [0.4, 0.5) is 0 Å². The van der Waals surface area contributed by atoms with Crippen LogP contribution in [0.5, 0.6) is 0 Å². The molecule has 0 fully saturated rings. The highest BCUT2D eigenvalue weighted by atomic mass is 14.9. The largest absolute Gasteiger partial charge is 0.342 e. The van der Waals surface area contributed by atoms with Crippen LogP contribution in [0.15, 0.2) is 49.6 Å². The Balaban J connectivity index is -0.000000422. The molecule has 0 saturated carbocycles. The highest BCUT2D eigenvalue weighted by Crippen LogP contribution is 2.19. The van der Waals surface area contributed by atoms with E-state index in [9.17, 15) is 0 Å². The van der Waals surface area contributed by atoms with E-state index in [0.29, 0.717) is 0 Å². The molecule has 1 N–H and O–H groups in total. The lowest BCUT2D eigenvalue weighted by Crippen LogP contribution is -1.79. The first kappa shape index (κ1) is 26.8. The van der Waals surface area contributed by atoms with Crippen molar-refractivity contribution in [3.8, 4) is 0 Å². The summed E-state index contributed by atoms with van der Waals surface area (Å²) in [6.45, 7) is 25.0. The number of imidazole rings is 1. The van der Waals surface area contributed by atoms with Gasteiger partial charge in [0.1, 0.15) is 5.82 Å². The number of aromatic amines is 1. The van der Waals surface area contributed by atoms with Crippen molar-refractivity contribution in [3.63, 3.8) is 0 Å². The third-order valence-corrected chi connectivity index (χ3v) is 2.42. The number of allylic oxidation sites excluding steroid dienone is 4. The molecular formula is C22H38N2. The van der Waals surface area contributed by atoms with Crippen molar-refractivity contribution < 1.29 is 0 Å². The normalized spacial score (nSPS) is 8.79. The van der Waals surface area contributed by atoms with E-state index in [4.69, 9.17) is 0 Å². The predicted molar refractivity (Wildman–Crippen MR) is 115 cm³/mol. The van der Waals surface area contributed by atoms with Crippen LogP contribution >= 0.6 is 0 Å². The average Bonchev–Trinajstić information content (AvgIpc) is 3.00. The van der Waals surface area contributed by atoms with Gasteiger partial charge in [0.2, 0.25) is 0 Å². The Kier molecular flexibility index (Phi) is 21.2. The van der Waals surface area contributed by atoms with Crippen LogP contribution in [0.25, 0.3) is 16.6 Å². The maximum atomic E-state index is 4.36. The third-order valence-electron chi connectivity index (χ3n) is 2.42. The lowest BCUT2D eigenvalue weighted by Gasteiger charge is -1.99. The van der Waals surface area contributed by atoms with Gasteiger partial charge in [-0.15, -0.1) is 6.58 Å². The van der Waals surface area contributed by atoms with Gasteiger partial charge in [0.05, 0.1) is 11.0 Å². The molecule has 0 radical (unpaired) electrons. The van der Waals surface area contributed by atoms with Crippen molar-refractivity contribution in [1.29, 1.82) is 0 Å². The zero-order valence-electron chi connectivity index (χ0n) is 17.3. The molecule has 0 unspecified atom stereocenters. The van der Waals surface area contributed by atoms with E-state index in [-0.39, 0.29) is 0 Å². The van der Waals surface area contributed by atoms with Gasteiger partial charge in [-0.2, -0.15) is 0 Å². The molecule has 0 amide bonds. The zero-order chi connectivity index (χ0) is 19.5. The number of H-pyrrole nitrogens is 1. The fourth-order valence-electron chi connectivity index (χ4n) is 1.66. The Morgan fingerprint density at radius 1 is 1.04 bits per heavy atom. The highest BCUT2D eigenvalue weighted by molar-refractivity contribution is 5.80. The minimum Gasteiger partial charge on any atom is -0.342 e. The maximum Gasteiger partial charge on any atom is 0.104 e. The van der Waals surface area contributed by atoms with E-state index >= 15 is 0 Å². The number of aryl methyl sites for hydroxylation is 1. The van der Waals surface area contributed by atoms with E-state index in [2.05, 4.69) is 42.2 Å². The van der Waals surface area contributed by atoms with Crippen molar-refractivity contribution in [2.45, 2.75) is 62.3 Å². The number of benzene rings is 1. The van der Waals surface area contributed by atoms with Gasteiger partial charge in [0, 0.05) is 0 Å². The maximum absolute atomic E-state index is 4.36. The minimum absolute atomic E-state index is 0.951. The van der Waals surface area contributed by atoms with E-state index in [0.717, 1.165) is 16.9 Å². The summed E-state index contributed by atoms with van der Waals surface area (Å²) >= 11 is 0. The molecule has 2 nitrogen and oxygen atoms in total. The second kappa shape index (κ2) is 19.0. The SMILES string of the molecule is C=C/C=C(\C)c1ccc2nc(C)[nH]c2c1.C=CC.CC.CC.CC. The lowest BCUT2D eigenvalue weighted by atomic mass is 10.1. The number of nitrogens with zero attached hydrogens (tertiary/aromatic N) is 1. The summed E-state index contributed by atoms with van der Waals surface area (Å²) in [6, 6.07) is 6.23. The van der Waals surface area contributed by atoms with Crippen molar-refractivity contribution >= 4 is 16.6 Å².